The lowest BCUT2D eigenvalue weighted by Crippen LogP contribution is -2.52. The topological polar surface area (TPSA) is 0 Å². The molecule has 0 aliphatic rings. The van der Waals surface area contributed by atoms with Crippen LogP contribution < -0.4 is 126 Å². The lowest BCUT2D eigenvalue weighted by molar-refractivity contribution is 1.67. The third-order valence-electron chi connectivity index (χ3n) is 18.8. The Morgan fingerprint density at radius 2 is 0.433 bits per heavy atom. The van der Waals surface area contributed by atoms with Crippen molar-refractivity contribution in [3.8, 4) is 33.4 Å². The van der Waals surface area contributed by atoms with E-state index in [2.05, 4.69) is 211 Å². The van der Waals surface area contributed by atoms with E-state index in [1.807, 2.05) is 0 Å². The van der Waals surface area contributed by atoms with Crippen molar-refractivity contribution < 1.29 is 0 Å². The van der Waals surface area contributed by atoms with E-state index in [1.165, 1.54) is 213 Å². The van der Waals surface area contributed by atoms with Gasteiger partial charge in [-0.05, 0) is 87.2 Å². The number of rotatable bonds is 3. The summed E-state index contributed by atoms with van der Waals surface area (Å²) in [5, 5.41) is 14.2. The monoisotopic (exact) mass is 833 g/mol. The number of hydrogen-bond acceptors (Lipinski definition) is 0. The fraction of sp³-hybridized carbons (Fsp3) is 0. The highest BCUT2D eigenvalue weighted by atomic mass is 14.3. The molecule has 0 aliphatic heterocycles. The lowest BCUT2D eigenvalue weighted by atomic mass is 9.57. The van der Waals surface area contributed by atoms with E-state index < -0.39 is 0 Å². The van der Waals surface area contributed by atoms with E-state index in [1.54, 1.807) is 0 Å². The van der Waals surface area contributed by atoms with Gasteiger partial charge in [0.1, 0.15) is 180 Å². The van der Waals surface area contributed by atoms with Crippen LogP contribution in [-0.2, 0) is 0 Å². The Labute approximate surface area is 421 Å². The minimum Gasteiger partial charge on any atom is -0.101 e. The van der Waals surface area contributed by atoms with Crippen LogP contribution in [0.5, 0.6) is 0 Å². The smallest absolute Gasteiger partial charge is 0.101 e. The van der Waals surface area contributed by atoms with Gasteiger partial charge in [-0.25, -0.2) is 0 Å². The summed E-state index contributed by atoms with van der Waals surface area (Å²) in [6, 6.07) is 12.2. The summed E-state index contributed by atoms with van der Waals surface area (Å²) in [4.78, 5) is 0. The van der Waals surface area contributed by atoms with Crippen LogP contribution in [0.1, 0.15) is 0 Å². The summed E-state index contributed by atoms with van der Waals surface area (Å²) in [6.45, 7) is 0. The zero-order chi connectivity index (χ0) is 49.1. The van der Waals surface area contributed by atoms with Gasteiger partial charge in [-0.1, -0.05) is 123 Å². The largest absolute Gasteiger partial charge is 0.140 e. The number of hydrogen-bond donors (Lipinski definition) is 0. The summed E-state index contributed by atoms with van der Waals surface area (Å²) >= 11 is 0. The van der Waals surface area contributed by atoms with Crippen LogP contribution in [0.3, 0.4) is 0 Å². The predicted octanol–water partition coefficient (Wildman–Crippen LogP) is -27.6. The van der Waals surface area contributed by atoms with Gasteiger partial charge in [-0.3, -0.25) is 0 Å². The van der Waals surface area contributed by atoms with Gasteiger partial charge in [0.15, 0.2) is 0 Å². The summed E-state index contributed by atoms with van der Waals surface area (Å²) in [7, 11) is 54.2. The maximum atomic E-state index is 2.45. The van der Waals surface area contributed by atoms with Crippen molar-refractivity contribution in [3.63, 3.8) is 0 Å². The summed E-state index contributed by atoms with van der Waals surface area (Å²) in [6.07, 6.45) is 0. The van der Waals surface area contributed by atoms with E-state index in [0.29, 0.717) is 0 Å². The first-order valence-corrected chi connectivity index (χ1v) is 24.9. The zero-order valence-electron chi connectivity index (χ0n) is 45.4. The SMILES string of the molecule is Bc1cc(B)c2c(-c3c(B)c(B)c4c(B)c(B)c(B)c(B)c4c3B)c3c(B)c(B)c(B)c(B)c3c(-c3ccc(-c4c(B)c(B)c5c(c4B)c(B)c(B)c4c(B)c(B)c(B)c(B)c45)cc3)c2c1B. The van der Waals surface area contributed by atoms with E-state index >= 15 is 0 Å². The minimum atomic E-state index is 1.28. The molecular formula is C44H51B23. The Balaban J connectivity index is 1.41. The Bertz CT molecular complexity index is 3820. The van der Waals surface area contributed by atoms with Crippen LogP contribution in [0.2, 0.25) is 0 Å². The lowest BCUT2D eigenvalue weighted by Gasteiger charge is -2.30. The molecule has 23 heteroatoms. The third-order valence-corrected chi connectivity index (χ3v) is 18.8. The fourth-order valence-corrected chi connectivity index (χ4v) is 13.5. The highest BCUT2D eigenvalue weighted by Gasteiger charge is 2.28. The molecule has 9 rings (SSSR count). The molecule has 0 saturated carbocycles. The summed E-state index contributed by atoms with van der Waals surface area (Å²) in [5.74, 6) is 0. The van der Waals surface area contributed by atoms with Gasteiger partial charge >= 0.3 is 0 Å². The standard InChI is InChI=1S/C44H51B23/c45-8-5-9(46)24(47)14-10(6-1-3-7(4-2-6)11-25(48)20-17(28(51)27(11)50)18-21(34(57)33(20)56)36(59)42(65)41(64)31(18)54)15-16(30(53)40(63)39(62)29(15)52)13(12(8)14)19-26(49)22-23(35(58)32(19)55)38(61)44(67)43(66)37(22)60/h1-5H,45-67H2. The van der Waals surface area contributed by atoms with Crippen LogP contribution in [0, 0.1) is 0 Å². The molecule has 9 aromatic rings. The maximum Gasteiger partial charge on any atom is 0.140 e. The summed E-state index contributed by atoms with van der Waals surface area (Å²) < 4.78 is 0. The van der Waals surface area contributed by atoms with Crippen molar-refractivity contribution in [2.45, 2.75) is 0 Å². The molecule has 0 aliphatic carbocycles. The molecule has 0 amide bonds. The molecule has 0 nitrogen and oxygen atoms in total. The Morgan fingerprint density at radius 1 is 0.164 bits per heavy atom. The molecule has 0 saturated heterocycles. The molecular weight excluding hydrogens is 777 g/mol. The highest BCUT2D eigenvalue weighted by Crippen LogP contribution is 2.40. The van der Waals surface area contributed by atoms with Crippen molar-refractivity contribution in [3.05, 3.63) is 30.3 Å². The average Bonchev–Trinajstić information content (AvgIpc) is 3.29. The van der Waals surface area contributed by atoms with Crippen molar-refractivity contribution in [1.29, 1.82) is 0 Å². The van der Waals surface area contributed by atoms with Crippen molar-refractivity contribution >= 4 is 360 Å². The minimum absolute atomic E-state index is 1.28. The van der Waals surface area contributed by atoms with Crippen molar-refractivity contribution in [1.82, 2.24) is 0 Å². The average molecular weight is 829 g/mol. The molecule has 296 valence electrons. The van der Waals surface area contributed by atoms with Crippen LogP contribution in [0.25, 0.3) is 87.2 Å². The summed E-state index contributed by atoms with van der Waals surface area (Å²) in [5.41, 5.74) is 40.3. The van der Waals surface area contributed by atoms with Crippen molar-refractivity contribution in [2.75, 3.05) is 0 Å². The molecule has 0 fully saturated rings. The molecule has 0 radical (unpaired) electrons. The second-order valence-electron chi connectivity index (χ2n) is 21.5. The van der Waals surface area contributed by atoms with Gasteiger partial charge < -0.3 is 0 Å². The zero-order valence-corrected chi connectivity index (χ0v) is 45.4. The van der Waals surface area contributed by atoms with Gasteiger partial charge in [-0.2, -0.15) is 0 Å². The fourth-order valence-electron chi connectivity index (χ4n) is 13.5. The van der Waals surface area contributed by atoms with Crippen molar-refractivity contribution in [2.24, 2.45) is 0 Å². The molecule has 9 aromatic carbocycles. The first-order chi connectivity index (χ1) is 31.4. The highest BCUT2D eigenvalue weighted by molar-refractivity contribution is 6.76. The first-order valence-electron chi connectivity index (χ1n) is 24.9. The van der Waals surface area contributed by atoms with E-state index in [4.69, 9.17) is 0 Å². The quantitative estimate of drug-likeness (QED) is 0.0945. The van der Waals surface area contributed by atoms with Crippen LogP contribution in [0.4, 0.5) is 0 Å². The Kier molecular flexibility index (Phi) is 11.7. The molecule has 0 heterocycles. The third kappa shape index (κ3) is 6.40. The Morgan fingerprint density at radius 3 is 0.896 bits per heavy atom. The second-order valence-corrected chi connectivity index (χ2v) is 21.5. The van der Waals surface area contributed by atoms with E-state index in [-0.39, 0.29) is 0 Å². The number of fused-ring (bicyclic) bond motifs is 6. The predicted molar refractivity (Wildman–Crippen MR) is 378 cm³/mol. The van der Waals surface area contributed by atoms with Gasteiger partial charge in [0.25, 0.3) is 0 Å². The first kappa shape index (κ1) is 47.8. The van der Waals surface area contributed by atoms with E-state index in [9.17, 15) is 0 Å². The van der Waals surface area contributed by atoms with Crippen LogP contribution in [-0.4, -0.2) is 180 Å². The van der Waals surface area contributed by atoms with Crippen LogP contribution in [0.15, 0.2) is 30.3 Å². The molecule has 0 bridgehead atoms. The second kappa shape index (κ2) is 16.4. The molecule has 0 atom stereocenters. The molecule has 0 unspecified atom stereocenters. The normalized spacial score (nSPS) is 11.8. The molecule has 0 spiro atoms. The van der Waals surface area contributed by atoms with Gasteiger partial charge in [-0.15, -0.1) is 32.8 Å². The van der Waals surface area contributed by atoms with E-state index in [0.717, 1.165) is 0 Å². The number of benzene rings is 9. The molecule has 67 heavy (non-hydrogen) atoms. The molecule has 0 aromatic heterocycles. The molecule has 0 N–H and O–H groups in total. The van der Waals surface area contributed by atoms with Gasteiger partial charge in [0, 0.05) is 0 Å². The van der Waals surface area contributed by atoms with Gasteiger partial charge in [0.2, 0.25) is 0 Å². The van der Waals surface area contributed by atoms with Crippen LogP contribution >= 0.6 is 0 Å². The van der Waals surface area contributed by atoms with Gasteiger partial charge in [0.05, 0.1) is 0 Å². The Hall–Kier alpha value is -4.23. The maximum absolute atomic E-state index is 2.45.